The fourth-order valence-electron chi connectivity index (χ4n) is 2.89. The molecule has 0 saturated carbocycles. The Balaban J connectivity index is 1.76. The van der Waals surface area contributed by atoms with Crippen molar-refractivity contribution in [3.63, 3.8) is 0 Å². The Morgan fingerprint density at radius 1 is 1.07 bits per heavy atom. The minimum absolute atomic E-state index is 0.178. The molecule has 0 saturated heterocycles. The van der Waals surface area contributed by atoms with Crippen molar-refractivity contribution in [1.29, 1.82) is 0 Å². The van der Waals surface area contributed by atoms with E-state index in [-0.39, 0.29) is 5.69 Å². The molecule has 1 N–H and O–H groups in total. The quantitative estimate of drug-likeness (QED) is 0.641. The molecule has 29 heavy (non-hydrogen) atoms. The van der Waals surface area contributed by atoms with E-state index in [0.717, 1.165) is 11.3 Å². The van der Waals surface area contributed by atoms with E-state index < -0.39 is 11.9 Å². The van der Waals surface area contributed by atoms with Crippen molar-refractivity contribution >= 4 is 29.1 Å². The number of anilines is 3. The van der Waals surface area contributed by atoms with E-state index in [4.69, 9.17) is 4.74 Å². The normalized spacial score (nSPS) is 10.3. The van der Waals surface area contributed by atoms with Gasteiger partial charge in [-0.3, -0.25) is 4.79 Å². The van der Waals surface area contributed by atoms with Gasteiger partial charge in [0.1, 0.15) is 5.69 Å². The molecule has 0 aliphatic rings. The van der Waals surface area contributed by atoms with Crippen molar-refractivity contribution in [2.75, 3.05) is 23.9 Å². The first-order chi connectivity index (χ1) is 14.0. The van der Waals surface area contributed by atoms with Crippen molar-refractivity contribution in [3.05, 3.63) is 77.7 Å². The van der Waals surface area contributed by atoms with Crippen molar-refractivity contribution in [2.45, 2.75) is 13.8 Å². The Hall–Kier alpha value is -3.74. The van der Waals surface area contributed by atoms with Crippen LogP contribution in [0.25, 0.3) is 0 Å². The minimum atomic E-state index is -0.471. The van der Waals surface area contributed by atoms with Crippen molar-refractivity contribution < 1.29 is 14.3 Å². The van der Waals surface area contributed by atoms with Gasteiger partial charge in [-0.2, -0.15) is 0 Å². The van der Waals surface area contributed by atoms with Crippen LogP contribution in [0.2, 0.25) is 0 Å². The maximum absolute atomic E-state index is 12.5. The van der Waals surface area contributed by atoms with E-state index in [0.29, 0.717) is 23.6 Å². The number of nitrogens with one attached hydrogen (secondary N) is 1. The Bertz CT molecular complexity index is 1020. The number of methoxy groups -OCH3 is 1. The third kappa shape index (κ3) is 4.76. The summed E-state index contributed by atoms with van der Waals surface area (Å²) >= 11 is 0. The molecule has 0 radical (unpaired) electrons. The van der Waals surface area contributed by atoms with Crippen LogP contribution in [0.4, 0.5) is 17.2 Å². The molecule has 0 fully saturated rings. The van der Waals surface area contributed by atoms with Gasteiger partial charge in [0.25, 0.3) is 5.91 Å². The van der Waals surface area contributed by atoms with Gasteiger partial charge in [-0.05, 0) is 49.7 Å². The molecule has 0 unspecified atom stereocenters. The highest BCUT2D eigenvalue weighted by Crippen LogP contribution is 2.23. The smallest absolute Gasteiger partial charge is 0.337 e. The number of hydrogen-bond donors (Lipinski definition) is 1. The Kier molecular flexibility index (Phi) is 6.19. The highest BCUT2D eigenvalue weighted by Gasteiger charge is 2.13. The minimum Gasteiger partial charge on any atom is -0.465 e. The number of nitrogens with zero attached hydrogens (tertiary/aromatic N) is 3. The van der Waals surface area contributed by atoms with Gasteiger partial charge in [-0.25, -0.2) is 14.8 Å². The molecule has 1 aromatic heterocycles. The van der Waals surface area contributed by atoms with Gasteiger partial charge in [-0.15, -0.1) is 0 Å². The van der Waals surface area contributed by atoms with Crippen LogP contribution in [0.15, 0.2) is 60.9 Å². The molecule has 0 atom stereocenters. The molecule has 2 aromatic carbocycles. The molecular formula is C22H22N4O3. The lowest BCUT2D eigenvalue weighted by atomic mass is 10.2. The largest absolute Gasteiger partial charge is 0.465 e. The van der Waals surface area contributed by atoms with E-state index in [1.165, 1.54) is 13.3 Å². The summed E-state index contributed by atoms with van der Waals surface area (Å²) < 4.78 is 4.69. The standard InChI is InChI=1S/C22H22N4O3/c1-4-26(18-10-5-7-15(2)11-18)20-14-23-19(13-24-20)21(27)25-17-9-6-8-16(12-17)22(28)29-3/h5-14H,4H2,1-3H3,(H,25,27). The fourth-order valence-corrected chi connectivity index (χ4v) is 2.89. The summed E-state index contributed by atoms with van der Waals surface area (Å²) in [4.78, 5) is 34.8. The predicted molar refractivity (Wildman–Crippen MR) is 112 cm³/mol. The molecular weight excluding hydrogens is 368 g/mol. The summed E-state index contributed by atoms with van der Waals surface area (Å²) in [7, 11) is 1.31. The van der Waals surface area contributed by atoms with Gasteiger partial charge in [-0.1, -0.05) is 18.2 Å². The molecule has 0 aliphatic heterocycles. The average Bonchev–Trinajstić information content (AvgIpc) is 2.74. The molecule has 1 amide bonds. The molecule has 0 bridgehead atoms. The maximum Gasteiger partial charge on any atom is 0.337 e. The molecule has 1 heterocycles. The molecule has 3 aromatic rings. The SMILES string of the molecule is CCN(c1cccc(C)c1)c1cnc(C(=O)Nc2cccc(C(=O)OC)c2)cn1. The number of rotatable bonds is 6. The zero-order valence-electron chi connectivity index (χ0n) is 16.5. The zero-order chi connectivity index (χ0) is 20.8. The fraction of sp³-hybridized carbons (Fsp3) is 0.182. The van der Waals surface area contributed by atoms with Gasteiger partial charge in [0, 0.05) is 17.9 Å². The van der Waals surface area contributed by atoms with Crippen LogP contribution in [0.5, 0.6) is 0 Å². The third-order valence-corrected chi connectivity index (χ3v) is 4.32. The Morgan fingerprint density at radius 3 is 2.52 bits per heavy atom. The Morgan fingerprint density at radius 2 is 1.86 bits per heavy atom. The first-order valence-electron chi connectivity index (χ1n) is 9.17. The summed E-state index contributed by atoms with van der Waals surface area (Å²) in [5, 5.41) is 2.72. The Labute approximate surface area is 169 Å². The number of aryl methyl sites for hydroxylation is 1. The van der Waals surface area contributed by atoms with Crippen LogP contribution in [0.1, 0.15) is 33.3 Å². The second kappa shape index (κ2) is 8.97. The van der Waals surface area contributed by atoms with E-state index in [9.17, 15) is 9.59 Å². The van der Waals surface area contributed by atoms with Gasteiger partial charge in [0.05, 0.1) is 25.1 Å². The lowest BCUT2D eigenvalue weighted by Gasteiger charge is -2.22. The van der Waals surface area contributed by atoms with Crippen LogP contribution >= 0.6 is 0 Å². The lowest BCUT2D eigenvalue weighted by Crippen LogP contribution is -2.19. The van der Waals surface area contributed by atoms with E-state index >= 15 is 0 Å². The zero-order valence-corrected chi connectivity index (χ0v) is 16.5. The number of benzene rings is 2. The van der Waals surface area contributed by atoms with Crippen molar-refractivity contribution in [1.82, 2.24) is 9.97 Å². The molecule has 7 nitrogen and oxygen atoms in total. The summed E-state index contributed by atoms with van der Waals surface area (Å²) in [5.74, 6) is -0.229. The summed E-state index contributed by atoms with van der Waals surface area (Å²) in [6.07, 6.45) is 3.01. The maximum atomic E-state index is 12.5. The molecule has 7 heteroatoms. The van der Waals surface area contributed by atoms with Crippen LogP contribution < -0.4 is 10.2 Å². The monoisotopic (exact) mass is 390 g/mol. The summed E-state index contributed by atoms with van der Waals surface area (Å²) in [6.45, 7) is 4.77. The molecule has 0 spiro atoms. The van der Waals surface area contributed by atoms with Crippen LogP contribution in [0.3, 0.4) is 0 Å². The van der Waals surface area contributed by atoms with Crippen molar-refractivity contribution in [3.8, 4) is 0 Å². The first kappa shape index (κ1) is 20.0. The second-order valence-electron chi connectivity index (χ2n) is 6.37. The topological polar surface area (TPSA) is 84.4 Å². The number of carbonyl (C=O) groups is 2. The number of ether oxygens (including phenoxy) is 1. The summed E-state index contributed by atoms with van der Waals surface area (Å²) in [5.41, 5.74) is 3.16. The molecule has 0 aliphatic carbocycles. The second-order valence-corrected chi connectivity index (χ2v) is 6.37. The van der Waals surface area contributed by atoms with Crippen molar-refractivity contribution in [2.24, 2.45) is 0 Å². The highest BCUT2D eigenvalue weighted by atomic mass is 16.5. The average molecular weight is 390 g/mol. The van der Waals surface area contributed by atoms with Gasteiger partial charge < -0.3 is 15.0 Å². The van der Waals surface area contributed by atoms with E-state index in [1.54, 1.807) is 30.5 Å². The van der Waals surface area contributed by atoms with Crippen LogP contribution in [0, 0.1) is 6.92 Å². The van der Waals surface area contributed by atoms with Gasteiger partial charge in [0.15, 0.2) is 5.82 Å². The van der Waals surface area contributed by atoms with E-state index in [2.05, 4.69) is 21.4 Å². The number of carbonyl (C=O) groups excluding carboxylic acids is 2. The number of aromatic nitrogens is 2. The third-order valence-electron chi connectivity index (χ3n) is 4.32. The van der Waals surface area contributed by atoms with Gasteiger partial charge >= 0.3 is 5.97 Å². The molecule has 148 valence electrons. The van der Waals surface area contributed by atoms with E-state index in [1.807, 2.05) is 36.9 Å². The summed E-state index contributed by atoms with van der Waals surface area (Å²) in [6, 6.07) is 14.6. The highest BCUT2D eigenvalue weighted by molar-refractivity contribution is 6.03. The number of esters is 1. The van der Waals surface area contributed by atoms with Crippen LogP contribution in [-0.4, -0.2) is 35.5 Å². The molecule has 3 rings (SSSR count). The van der Waals surface area contributed by atoms with Gasteiger partial charge in [0.2, 0.25) is 0 Å². The predicted octanol–water partition coefficient (Wildman–Crippen LogP) is 3.98. The lowest BCUT2D eigenvalue weighted by molar-refractivity contribution is 0.0600. The first-order valence-corrected chi connectivity index (χ1v) is 9.17. The van der Waals surface area contributed by atoms with Crippen LogP contribution in [-0.2, 0) is 4.74 Å². The number of amides is 1. The number of hydrogen-bond acceptors (Lipinski definition) is 6.